The van der Waals surface area contributed by atoms with E-state index in [4.69, 9.17) is 33.2 Å². The molecule has 1 aromatic carbocycles. The summed E-state index contributed by atoms with van der Waals surface area (Å²) in [6.07, 6.45) is -4.60. The number of hydrogen-bond acceptors (Lipinski definition) is 12. The number of esters is 1. The van der Waals surface area contributed by atoms with Crippen LogP contribution in [0.25, 0.3) is 0 Å². The van der Waals surface area contributed by atoms with Crippen LogP contribution in [0.4, 0.5) is 19.0 Å². The molecule has 13 nitrogen and oxygen atoms in total. The number of halogens is 3. The summed E-state index contributed by atoms with van der Waals surface area (Å²) in [5.41, 5.74) is -0.236. The van der Waals surface area contributed by atoms with Crippen molar-refractivity contribution in [2.75, 3.05) is 58.1 Å². The van der Waals surface area contributed by atoms with E-state index in [1.54, 1.807) is 13.8 Å². The van der Waals surface area contributed by atoms with Gasteiger partial charge in [0.1, 0.15) is 44.0 Å². The molecule has 248 valence electrons. The molecule has 2 aliphatic heterocycles. The number of carbonyl (C=O) groups excluding carboxylic acids is 2. The van der Waals surface area contributed by atoms with Crippen LogP contribution in [-0.4, -0.2) is 105 Å². The van der Waals surface area contributed by atoms with Crippen molar-refractivity contribution in [2.24, 2.45) is 0 Å². The first-order chi connectivity index (χ1) is 21.5. The second-order valence-corrected chi connectivity index (χ2v) is 10.6. The molecule has 3 heterocycles. The van der Waals surface area contributed by atoms with Gasteiger partial charge >= 0.3 is 12.1 Å². The van der Waals surface area contributed by atoms with Crippen molar-refractivity contribution in [3.8, 4) is 0 Å². The zero-order chi connectivity index (χ0) is 32.3. The van der Waals surface area contributed by atoms with Gasteiger partial charge in [-0.15, -0.1) is 0 Å². The summed E-state index contributed by atoms with van der Waals surface area (Å²) in [5.74, 6) is -1.92. The molecule has 4 rings (SSSR count). The van der Waals surface area contributed by atoms with Gasteiger partial charge < -0.3 is 43.8 Å². The predicted molar refractivity (Wildman–Crippen MR) is 150 cm³/mol. The van der Waals surface area contributed by atoms with Crippen LogP contribution < -0.4 is 10.6 Å². The fourth-order valence-corrected chi connectivity index (χ4v) is 4.60. The Morgan fingerprint density at radius 2 is 1.67 bits per heavy atom. The predicted octanol–water partition coefficient (Wildman–Crippen LogP) is 2.10. The second-order valence-electron chi connectivity index (χ2n) is 10.6. The van der Waals surface area contributed by atoms with Gasteiger partial charge in [-0.25, -0.2) is 9.78 Å². The fraction of sp³-hybridized carbons (Fsp3) is 0.586. The van der Waals surface area contributed by atoms with E-state index in [0.29, 0.717) is 6.20 Å². The van der Waals surface area contributed by atoms with Gasteiger partial charge in [0.25, 0.3) is 0 Å². The molecule has 2 aromatic rings. The first-order valence-electron chi connectivity index (χ1n) is 14.3. The Balaban J connectivity index is 1.08. The third-order valence-electron chi connectivity index (χ3n) is 6.61. The number of ether oxygens (including phenoxy) is 7. The molecular weight excluding hydrogens is 605 g/mol. The van der Waals surface area contributed by atoms with E-state index in [0.717, 1.165) is 5.56 Å². The van der Waals surface area contributed by atoms with Crippen molar-refractivity contribution in [3.63, 3.8) is 0 Å². The lowest BCUT2D eigenvalue weighted by Crippen LogP contribution is -2.57. The normalized spacial score (nSPS) is 22.4. The molecule has 4 atom stereocenters. The molecule has 0 bridgehead atoms. The number of rotatable bonds is 16. The molecule has 2 saturated heterocycles. The Bertz CT molecular complexity index is 1240. The largest absolute Gasteiger partial charge is 0.459 e. The van der Waals surface area contributed by atoms with E-state index in [9.17, 15) is 22.8 Å². The van der Waals surface area contributed by atoms with Crippen LogP contribution in [0.5, 0.6) is 0 Å². The van der Waals surface area contributed by atoms with Gasteiger partial charge in [-0.1, -0.05) is 30.3 Å². The van der Waals surface area contributed by atoms with Gasteiger partial charge in [0.05, 0.1) is 51.5 Å². The monoisotopic (exact) mass is 642 g/mol. The number of nitrogens with one attached hydrogen (secondary N) is 2. The van der Waals surface area contributed by atoms with Gasteiger partial charge in [0.15, 0.2) is 11.5 Å². The molecule has 2 N–H and O–H groups in total. The summed E-state index contributed by atoms with van der Waals surface area (Å²) in [4.78, 5) is 31.2. The van der Waals surface area contributed by atoms with Gasteiger partial charge in [0.2, 0.25) is 5.91 Å². The van der Waals surface area contributed by atoms with Crippen molar-refractivity contribution in [1.29, 1.82) is 0 Å². The standard InChI is InChI=1S/C29H37F3N4O9/c1-28(2)44-26-20(35-23-14-33-13-22(36-23)29(30,31)32)16-42-21(27(26)45-28)12-34-24(37)17-40-10-8-39-9-11-41-18-25(38)43-15-19-6-4-3-5-7-19/h3-7,13-14,20-21,26-27H,8-12,15-18H2,1-2H3,(H,34,37)(H,35,36)/t20-,21+,26+,27-/m0/s1. The number of carbonyl (C=O) groups is 2. The molecule has 1 amide bonds. The number of amides is 1. The molecule has 1 aromatic heterocycles. The number of fused-ring (bicyclic) bond motifs is 1. The average Bonchev–Trinajstić information content (AvgIpc) is 3.34. The number of aromatic nitrogens is 2. The van der Waals surface area contributed by atoms with Gasteiger partial charge in [-0.3, -0.25) is 9.78 Å². The second kappa shape index (κ2) is 16.2. The van der Waals surface area contributed by atoms with E-state index < -0.39 is 48.0 Å². The lowest BCUT2D eigenvalue weighted by atomic mass is 9.98. The SMILES string of the molecule is CC1(C)O[C@@H]2[C@H](O1)[C@@H](Nc1cncc(C(F)(F)F)n1)CO[C@@H]2CNC(=O)COCCOCCOCC(=O)OCc1ccccc1. The highest BCUT2D eigenvalue weighted by Gasteiger charge is 2.52. The van der Waals surface area contributed by atoms with Crippen LogP contribution in [-0.2, 0) is 55.5 Å². The van der Waals surface area contributed by atoms with Crippen molar-refractivity contribution in [2.45, 2.75) is 56.8 Å². The smallest absolute Gasteiger partial charge is 0.434 e. The van der Waals surface area contributed by atoms with Crippen molar-refractivity contribution in [3.05, 3.63) is 54.0 Å². The number of hydrogen-bond donors (Lipinski definition) is 2. The van der Waals surface area contributed by atoms with Crippen LogP contribution >= 0.6 is 0 Å². The number of benzene rings is 1. The molecule has 0 radical (unpaired) electrons. The van der Waals surface area contributed by atoms with E-state index in [-0.39, 0.29) is 71.1 Å². The highest BCUT2D eigenvalue weighted by molar-refractivity contribution is 5.77. The van der Waals surface area contributed by atoms with Crippen LogP contribution in [0.1, 0.15) is 25.1 Å². The number of anilines is 1. The highest BCUT2D eigenvalue weighted by Crippen LogP contribution is 2.36. The van der Waals surface area contributed by atoms with Crippen LogP contribution in [0.3, 0.4) is 0 Å². The zero-order valence-corrected chi connectivity index (χ0v) is 24.9. The molecule has 0 unspecified atom stereocenters. The molecule has 16 heteroatoms. The minimum absolute atomic E-state index is 0.0610. The quantitative estimate of drug-likeness (QED) is 0.204. The fourth-order valence-electron chi connectivity index (χ4n) is 4.60. The van der Waals surface area contributed by atoms with E-state index >= 15 is 0 Å². The van der Waals surface area contributed by atoms with Gasteiger partial charge in [-0.2, -0.15) is 13.2 Å². The summed E-state index contributed by atoms with van der Waals surface area (Å²) in [6.45, 7) is 4.17. The Kier molecular flexibility index (Phi) is 12.4. The Hall–Kier alpha value is -3.41. The molecule has 0 saturated carbocycles. The zero-order valence-electron chi connectivity index (χ0n) is 24.9. The summed E-state index contributed by atoms with van der Waals surface area (Å²) >= 11 is 0. The minimum atomic E-state index is -4.64. The molecule has 0 spiro atoms. The first-order valence-corrected chi connectivity index (χ1v) is 14.3. The molecule has 2 aliphatic rings. The maximum Gasteiger partial charge on any atom is 0.434 e. The van der Waals surface area contributed by atoms with Crippen molar-refractivity contribution >= 4 is 17.7 Å². The third-order valence-corrected chi connectivity index (χ3v) is 6.61. The maximum atomic E-state index is 13.1. The van der Waals surface area contributed by atoms with E-state index in [1.165, 1.54) is 6.20 Å². The molecule has 2 fully saturated rings. The average molecular weight is 643 g/mol. The number of alkyl halides is 3. The van der Waals surface area contributed by atoms with Crippen molar-refractivity contribution in [1.82, 2.24) is 15.3 Å². The Morgan fingerprint density at radius 3 is 2.40 bits per heavy atom. The molecular formula is C29H37F3N4O9. The summed E-state index contributed by atoms with van der Waals surface area (Å²) in [7, 11) is 0. The highest BCUT2D eigenvalue weighted by atomic mass is 19.4. The van der Waals surface area contributed by atoms with Crippen molar-refractivity contribution < 1.29 is 55.9 Å². The Labute approximate surface area is 258 Å². The maximum absolute atomic E-state index is 13.1. The van der Waals surface area contributed by atoms with E-state index in [2.05, 4.69) is 20.6 Å². The van der Waals surface area contributed by atoms with Crippen LogP contribution in [0, 0.1) is 0 Å². The summed E-state index contributed by atoms with van der Waals surface area (Å²) in [6, 6.07) is 8.73. The first kappa shape index (κ1) is 34.5. The molecule has 45 heavy (non-hydrogen) atoms. The Morgan fingerprint density at radius 1 is 0.978 bits per heavy atom. The number of nitrogens with zero attached hydrogens (tertiary/aromatic N) is 2. The van der Waals surface area contributed by atoms with Crippen LogP contribution in [0.2, 0.25) is 0 Å². The topological polar surface area (TPSA) is 149 Å². The van der Waals surface area contributed by atoms with Gasteiger partial charge in [-0.05, 0) is 19.4 Å². The summed E-state index contributed by atoms with van der Waals surface area (Å²) in [5, 5.41) is 5.64. The minimum Gasteiger partial charge on any atom is -0.459 e. The van der Waals surface area contributed by atoms with Gasteiger partial charge in [0, 0.05) is 6.54 Å². The summed E-state index contributed by atoms with van der Waals surface area (Å²) < 4.78 is 78.1. The van der Waals surface area contributed by atoms with Crippen LogP contribution in [0.15, 0.2) is 42.7 Å². The lowest BCUT2D eigenvalue weighted by molar-refractivity contribution is -0.153. The molecule has 0 aliphatic carbocycles. The third kappa shape index (κ3) is 11.2. The lowest BCUT2D eigenvalue weighted by Gasteiger charge is -2.37. The van der Waals surface area contributed by atoms with E-state index in [1.807, 2.05) is 30.3 Å².